The van der Waals surface area contributed by atoms with E-state index in [0.29, 0.717) is 12.3 Å². The molecule has 1 rings (SSSR count). The van der Waals surface area contributed by atoms with Gasteiger partial charge < -0.3 is 0 Å². The molecular formula is C14H18OS. The molecule has 0 saturated heterocycles. The van der Waals surface area contributed by atoms with Gasteiger partial charge in [-0.1, -0.05) is 51.2 Å². The van der Waals surface area contributed by atoms with Crippen molar-refractivity contribution in [2.45, 2.75) is 33.6 Å². The highest BCUT2D eigenvalue weighted by Gasteiger charge is 2.07. The van der Waals surface area contributed by atoms with E-state index < -0.39 is 0 Å². The van der Waals surface area contributed by atoms with E-state index in [1.54, 1.807) is 0 Å². The van der Waals surface area contributed by atoms with E-state index in [4.69, 9.17) is 12.2 Å². The van der Waals surface area contributed by atoms with Crippen molar-refractivity contribution < 1.29 is 4.79 Å². The maximum absolute atomic E-state index is 11.6. The van der Waals surface area contributed by atoms with Gasteiger partial charge in [0.15, 0.2) is 5.78 Å². The summed E-state index contributed by atoms with van der Waals surface area (Å²) in [5, 5.41) is 0. The predicted octanol–water partition coefficient (Wildman–Crippen LogP) is 3.85. The Balaban J connectivity index is 2.83. The fourth-order valence-electron chi connectivity index (χ4n) is 1.46. The van der Waals surface area contributed by atoms with Gasteiger partial charge in [0, 0.05) is 18.4 Å². The van der Waals surface area contributed by atoms with Crippen LogP contribution >= 0.6 is 12.2 Å². The van der Waals surface area contributed by atoms with Crippen LogP contribution in [0.2, 0.25) is 0 Å². The Kier molecular flexibility index (Phi) is 4.81. The molecule has 16 heavy (non-hydrogen) atoms. The summed E-state index contributed by atoms with van der Waals surface area (Å²) in [5.41, 5.74) is 1.93. The largest absolute Gasteiger partial charge is 0.294 e. The van der Waals surface area contributed by atoms with Crippen molar-refractivity contribution >= 4 is 22.9 Å². The van der Waals surface area contributed by atoms with Crippen molar-refractivity contribution in [3.63, 3.8) is 0 Å². The Morgan fingerprint density at radius 3 is 2.62 bits per heavy atom. The van der Waals surface area contributed by atoms with Crippen molar-refractivity contribution in [3.05, 3.63) is 35.4 Å². The van der Waals surface area contributed by atoms with Crippen LogP contribution in [0.3, 0.4) is 0 Å². The highest BCUT2D eigenvalue weighted by molar-refractivity contribution is 7.80. The van der Waals surface area contributed by atoms with E-state index >= 15 is 0 Å². The molecule has 0 radical (unpaired) electrons. The van der Waals surface area contributed by atoms with Gasteiger partial charge in [-0.05, 0) is 22.4 Å². The highest BCUT2D eigenvalue weighted by atomic mass is 32.1. The molecule has 0 amide bonds. The number of rotatable bonds is 5. The van der Waals surface area contributed by atoms with Crippen molar-refractivity contribution in [2.24, 2.45) is 5.92 Å². The molecule has 0 saturated carbocycles. The van der Waals surface area contributed by atoms with Crippen LogP contribution in [0.1, 0.15) is 43.1 Å². The number of thiocarbonyl (C=S) groups is 1. The van der Waals surface area contributed by atoms with Crippen molar-refractivity contribution in [3.8, 4) is 0 Å². The second kappa shape index (κ2) is 5.90. The Bertz CT molecular complexity index is 393. The van der Waals surface area contributed by atoms with Crippen LogP contribution in [-0.2, 0) is 6.42 Å². The number of carbonyl (C=O) groups excluding carboxylic acids is 1. The van der Waals surface area contributed by atoms with Crippen LogP contribution in [0, 0.1) is 5.92 Å². The summed E-state index contributed by atoms with van der Waals surface area (Å²) in [6, 6.07) is 7.79. The minimum absolute atomic E-state index is 0.192. The van der Waals surface area contributed by atoms with Crippen LogP contribution < -0.4 is 0 Å². The first kappa shape index (κ1) is 13.0. The molecule has 0 unspecified atom stereocenters. The van der Waals surface area contributed by atoms with E-state index in [1.807, 2.05) is 31.2 Å². The van der Waals surface area contributed by atoms with Gasteiger partial charge in [0.05, 0.1) is 0 Å². The Labute approximate surface area is 103 Å². The molecule has 0 fully saturated rings. The number of benzene rings is 1. The van der Waals surface area contributed by atoms with Crippen LogP contribution in [-0.4, -0.2) is 10.6 Å². The van der Waals surface area contributed by atoms with Gasteiger partial charge in [0.25, 0.3) is 0 Å². The first-order chi connectivity index (χ1) is 7.54. The molecule has 1 aromatic rings. The monoisotopic (exact) mass is 234 g/mol. The van der Waals surface area contributed by atoms with Crippen LogP contribution in [0.4, 0.5) is 0 Å². The zero-order valence-electron chi connectivity index (χ0n) is 10.1. The lowest BCUT2D eigenvalue weighted by atomic mass is 9.99. The molecule has 0 aliphatic rings. The molecule has 0 heterocycles. The summed E-state index contributed by atoms with van der Waals surface area (Å²) in [4.78, 5) is 12.6. The SMILES string of the molecule is CCC(=O)c1cccc(CC(=S)C(C)C)c1. The van der Waals surface area contributed by atoms with Crippen LogP contribution in [0.25, 0.3) is 0 Å². The van der Waals surface area contributed by atoms with Gasteiger partial charge in [0.2, 0.25) is 0 Å². The fraction of sp³-hybridized carbons (Fsp3) is 0.429. The van der Waals surface area contributed by atoms with E-state index in [2.05, 4.69) is 13.8 Å². The summed E-state index contributed by atoms with van der Waals surface area (Å²) >= 11 is 5.31. The number of ketones is 1. The number of Topliss-reactive ketones (excluding diaryl/α,β-unsaturated/α-hetero) is 1. The second-order valence-electron chi connectivity index (χ2n) is 4.27. The first-order valence-electron chi connectivity index (χ1n) is 5.69. The maximum Gasteiger partial charge on any atom is 0.162 e. The zero-order valence-corrected chi connectivity index (χ0v) is 10.9. The molecule has 0 N–H and O–H groups in total. The number of hydrogen-bond acceptors (Lipinski definition) is 2. The molecule has 0 bridgehead atoms. The number of carbonyl (C=O) groups is 1. The summed E-state index contributed by atoms with van der Waals surface area (Å²) < 4.78 is 0. The smallest absolute Gasteiger partial charge is 0.162 e. The van der Waals surface area contributed by atoms with Crippen molar-refractivity contribution in [1.29, 1.82) is 0 Å². The zero-order chi connectivity index (χ0) is 12.1. The van der Waals surface area contributed by atoms with Crippen molar-refractivity contribution in [2.75, 3.05) is 0 Å². The summed E-state index contributed by atoms with van der Waals surface area (Å²) in [6.07, 6.45) is 1.34. The molecule has 86 valence electrons. The molecule has 1 nitrogen and oxygen atoms in total. The maximum atomic E-state index is 11.6. The van der Waals surface area contributed by atoms with E-state index in [9.17, 15) is 4.79 Å². The van der Waals surface area contributed by atoms with Gasteiger partial charge >= 0.3 is 0 Å². The Hall–Kier alpha value is -1.02. The fourth-order valence-corrected chi connectivity index (χ4v) is 1.63. The van der Waals surface area contributed by atoms with Gasteiger partial charge in [-0.25, -0.2) is 0 Å². The average molecular weight is 234 g/mol. The lowest BCUT2D eigenvalue weighted by Gasteiger charge is -2.08. The summed E-state index contributed by atoms with van der Waals surface area (Å²) in [6.45, 7) is 6.08. The third-order valence-electron chi connectivity index (χ3n) is 2.59. The van der Waals surface area contributed by atoms with Gasteiger partial charge in [0.1, 0.15) is 0 Å². The first-order valence-corrected chi connectivity index (χ1v) is 6.10. The molecule has 0 aromatic heterocycles. The molecular weight excluding hydrogens is 216 g/mol. The van der Waals surface area contributed by atoms with Crippen molar-refractivity contribution in [1.82, 2.24) is 0 Å². The number of hydrogen-bond donors (Lipinski definition) is 0. The van der Waals surface area contributed by atoms with E-state index in [0.717, 1.165) is 22.4 Å². The van der Waals surface area contributed by atoms with Gasteiger partial charge in [-0.2, -0.15) is 0 Å². The minimum Gasteiger partial charge on any atom is -0.294 e. The summed E-state index contributed by atoms with van der Waals surface area (Å²) in [5.74, 6) is 0.609. The minimum atomic E-state index is 0.192. The standard InChI is InChI=1S/C14H18OS/c1-4-13(15)12-7-5-6-11(8-12)9-14(16)10(2)3/h5-8,10H,4,9H2,1-3H3. The lowest BCUT2D eigenvalue weighted by molar-refractivity contribution is 0.0988. The van der Waals surface area contributed by atoms with E-state index in [-0.39, 0.29) is 5.78 Å². The Morgan fingerprint density at radius 1 is 1.38 bits per heavy atom. The molecule has 0 spiro atoms. The molecule has 1 aromatic carbocycles. The van der Waals surface area contributed by atoms with Gasteiger partial charge in [-0.15, -0.1) is 0 Å². The lowest BCUT2D eigenvalue weighted by Crippen LogP contribution is -2.08. The highest BCUT2D eigenvalue weighted by Crippen LogP contribution is 2.11. The quantitative estimate of drug-likeness (QED) is 0.568. The third kappa shape index (κ3) is 3.53. The molecule has 0 aliphatic heterocycles. The predicted molar refractivity (Wildman–Crippen MR) is 72.2 cm³/mol. The normalized spacial score (nSPS) is 10.5. The third-order valence-corrected chi connectivity index (χ3v) is 3.21. The molecule has 0 atom stereocenters. The second-order valence-corrected chi connectivity index (χ2v) is 4.80. The average Bonchev–Trinajstić information content (AvgIpc) is 2.28. The summed E-state index contributed by atoms with van der Waals surface area (Å²) in [7, 11) is 0. The molecule has 0 aliphatic carbocycles. The van der Waals surface area contributed by atoms with Crippen LogP contribution in [0.15, 0.2) is 24.3 Å². The van der Waals surface area contributed by atoms with Gasteiger partial charge in [-0.3, -0.25) is 4.79 Å². The Morgan fingerprint density at radius 2 is 2.06 bits per heavy atom. The van der Waals surface area contributed by atoms with Crippen LogP contribution in [0.5, 0.6) is 0 Å². The molecule has 2 heteroatoms. The topological polar surface area (TPSA) is 17.1 Å². The van der Waals surface area contributed by atoms with E-state index in [1.165, 1.54) is 0 Å².